The highest BCUT2D eigenvalue weighted by Crippen LogP contribution is 2.29. The minimum Gasteiger partial charge on any atom is -0.351 e. The molecule has 1 N–H and O–H groups in total. The molecule has 174 valence electrons. The third kappa shape index (κ3) is 4.56. The molecule has 34 heavy (non-hydrogen) atoms. The maximum absolute atomic E-state index is 13.0. The molecular formula is C27H30N6O. The highest BCUT2D eigenvalue weighted by atomic mass is 16.1. The summed E-state index contributed by atoms with van der Waals surface area (Å²) in [5.74, 6) is 0.283. The Labute approximate surface area is 199 Å². The molecule has 0 bridgehead atoms. The van der Waals surface area contributed by atoms with Crippen LogP contribution in [0.3, 0.4) is 0 Å². The summed E-state index contributed by atoms with van der Waals surface area (Å²) in [5.41, 5.74) is 4.79. The largest absolute Gasteiger partial charge is 0.351 e. The van der Waals surface area contributed by atoms with Crippen molar-refractivity contribution in [2.45, 2.75) is 45.2 Å². The zero-order valence-electron chi connectivity index (χ0n) is 19.8. The second-order valence-electron chi connectivity index (χ2n) is 9.36. The molecule has 2 atom stereocenters. The molecule has 1 fully saturated rings. The number of nitrogens with zero attached hydrogens (tertiary/aromatic N) is 5. The van der Waals surface area contributed by atoms with Gasteiger partial charge in [0.2, 0.25) is 5.91 Å². The molecule has 1 saturated heterocycles. The SMILES string of the molecule is Cc1cc(-n2ncc3cc(CC(=O)N[C@@H]4CN(C(C)C)C[C@H]4c4ccccc4)ncc32)ccn1. The van der Waals surface area contributed by atoms with E-state index >= 15 is 0 Å². The molecule has 4 heterocycles. The van der Waals surface area contributed by atoms with Gasteiger partial charge in [0.25, 0.3) is 0 Å². The van der Waals surface area contributed by atoms with Crippen LogP contribution in [0.1, 0.15) is 36.7 Å². The summed E-state index contributed by atoms with van der Waals surface area (Å²) in [4.78, 5) is 24.3. The van der Waals surface area contributed by atoms with Crippen LogP contribution in [0.2, 0.25) is 0 Å². The van der Waals surface area contributed by atoms with E-state index < -0.39 is 0 Å². The van der Waals surface area contributed by atoms with Gasteiger partial charge in [0.05, 0.1) is 35.7 Å². The number of carbonyl (C=O) groups is 1. The first-order valence-corrected chi connectivity index (χ1v) is 11.8. The third-order valence-electron chi connectivity index (χ3n) is 6.63. The number of fused-ring (bicyclic) bond motifs is 1. The monoisotopic (exact) mass is 454 g/mol. The fraction of sp³-hybridized carbons (Fsp3) is 0.333. The number of pyridine rings is 2. The molecule has 0 spiro atoms. The average Bonchev–Trinajstić information content (AvgIpc) is 3.44. The van der Waals surface area contributed by atoms with E-state index in [1.54, 1.807) is 12.4 Å². The van der Waals surface area contributed by atoms with Crippen molar-refractivity contribution in [3.63, 3.8) is 0 Å². The smallest absolute Gasteiger partial charge is 0.226 e. The minimum atomic E-state index is 0.000498. The van der Waals surface area contributed by atoms with Crippen molar-refractivity contribution in [3.8, 4) is 5.69 Å². The number of benzene rings is 1. The summed E-state index contributed by atoms with van der Waals surface area (Å²) in [7, 11) is 0. The Bertz CT molecular complexity index is 1300. The molecule has 7 nitrogen and oxygen atoms in total. The first kappa shape index (κ1) is 22.2. The number of nitrogens with one attached hydrogen (secondary N) is 1. The predicted octanol–water partition coefficient (Wildman–Crippen LogP) is 3.66. The standard InChI is InChI=1S/C27H30N6O/c1-18(2)32-16-24(20-7-5-4-6-8-20)25(17-32)31-27(34)13-22-12-21-14-30-33(26(21)15-29-22)23-9-10-28-19(3)11-23/h4-12,14-15,18,24-25H,13,16-17H2,1-3H3,(H,31,34)/t24-,25+/m0/s1. The van der Waals surface area contributed by atoms with Gasteiger partial charge in [-0.05, 0) is 44.5 Å². The lowest BCUT2D eigenvalue weighted by Crippen LogP contribution is -2.41. The fourth-order valence-electron chi connectivity index (χ4n) is 4.80. The van der Waals surface area contributed by atoms with E-state index in [9.17, 15) is 4.79 Å². The van der Waals surface area contributed by atoms with Crippen LogP contribution in [-0.4, -0.2) is 55.7 Å². The van der Waals surface area contributed by atoms with Crippen LogP contribution in [0.15, 0.2) is 67.1 Å². The van der Waals surface area contributed by atoms with E-state index in [0.717, 1.165) is 41.1 Å². The molecule has 7 heteroatoms. The average molecular weight is 455 g/mol. The number of rotatable bonds is 6. The molecule has 0 aliphatic carbocycles. The van der Waals surface area contributed by atoms with Crippen LogP contribution in [0, 0.1) is 6.92 Å². The van der Waals surface area contributed by atoms with Gasteiger partial charge in [0.15, 0.2) is 0 Å². The first-order valence-electron chi connectivity index (χ1n) is 11.8. The topological polar surface area (TPSA) is 75.9 Å². The van der Waals surface area contributed by atoms with Crippen LogP contribution in [0.4, 0.5) is 0 Å². The van der Waals surface area contributed by atoms with Crippen LogP contribution < -0.4 is 5.32 Å². The first-order chi connectivity index (χ1) is 16.5. The molecule has 1 aliphatic heterocycles. The number of carbonyl (C=O) groups excluding carboxylic acids is 1. The molecule has 1 amide bonds. The van der Waals surface area contributed by atoms with Crippen molar-refractivity contribution in [2.75, 3.05) is 13.1 Å². The van der Waals surface area contributed by atoms with Gasteiger partial charge < -0.3 is 5.32 Å². The van der Waals surface area contributed by atoms with Gasteiger partial charge in [0.1, 0.15) is 0 Å². The maximum atomic E-state index is 13.0. The van der Waals surface area contributed by atoms with Crippen molar-refractivity contribution in [3.05, 3.63) is 84.1 Å². The Balaban J connectivity index is 1.31. The molecule has 3 aromatic heterocycles. The van der Waals surface area contributed by atoms with E-state index in [0.29, 0.717) is 6.04 Å². The van der Waals surface area contributed by atoms with E-state index in [-0.39, 0.29) is 24.3 Å². The molecule has 5 rings (SSSR count). The summed E-state index contributed by atoms with van der Waals surface area (Å²) in [6.07, 6.45) is 5.63. The normalized spacial score (nSPS) is 18.6. The summed E-state index contributed by atoms with van der Waals surface area (Å²) < 4.78 is 1.85. The van der Waals surface area contributed by atoms with Gasteiger partial charge in [-0.3, -0.25) is 19.7 Å². The quantitative estimate of drug-likeness (QED) is 0.481. The maximum Gasteiger partial charge on any atom is 0.226 e. The van der Waals surface area contributed by atoms with Gasteiger partial charge in [0, 0.05) is 48.4 Å². The van der Waals surface area contributed by atoms with E-state index in [4.69, 9.17) is 0 Å². The molecule has 4 aromatic rings. The lowest BCUT2D eigenvalue weighted by atomic mass is 9.94. The lowest BCUT2D eigenvalue weighted by molar-refractivity contribution is -0.121. The highest BCUT2D eigenvalue weighted by molar-refractivity contribution is 5.83. The number of aromatic nitrogens is 4. The lowest BCUT2D eigenvalue weighted by Gasteiger charge is -2.20. The zero-order chi connectivity index (χ0) is 23.7. The van der Waals surface area contributed by atoms with Gasteiger partial charge in [-0.15, -0.1) is 0 Å². The van der Waals surface area contributed by atoms with Crippen molar-refractivity contribution in [1.29, 1.82) is 0 Å². The van der Waals surface area contributed by atoms with E-state index in [1.165, 1.54) is 5.56 Å². The third-order valence-corrected chi connectivity index (χ3v) is 6.63. The van der Waals surface area contributed by atoms with Crippen molar-refractivity contribution in [2.24, 2.45) is 0 Å². The van der Waals surface area contributed by atoms with Gasteiger partial charge in [-0.25, -0.2) is 4.68 Å². The Morgan fingerprint density at radius 1 is 1.09 bits per heavy atom. The Morgan fingerprint density at radius 3 is 2.68 bits per heavy atom. The number of amides is 1. The van der Waals surface area contributed by atoms with Crippen LogP contribution >= 0.6 is 0 Å². The Morgan fingerprint density at radius 2 is 1.91 bits per heavy atom. The summed E-state index contributed by atoms with van der Waals surface area (Å²) in [6, 6.07) is 16.9. The van der Waals surface area contributed by atoms with Crippen molar-refractivity contribution in [1.82, 2.24) is 30.0 Å². The second-order valence-corrected chi connectivity index (χ2v) is 9.36. The van der Waals surface area contributed by atoms with Crippen molar-refractivity contribution < 1.29 is 4.79 Å². The van der Waals surface area contributed by atoms with E-state index in [1.807, 2.05) is 42.1 Å². The van der Waals surface area contributed by atoms with Gasteiger partial charge >= 0.3 is 0 Å². The molecule has 0 saturated carbocycles. The van der Waals surface area contributed by atoms with E-state index in [2.05, 4.69) is 63.4 Å². The molecular weight excluding hydrogens is 424 g/mol. The summed E-state index contributed by atoms with van der Waals surface area (Å²) in [6.45, 7) is 8.17. The van der Waals surface area contributed by atoms with Crippen LogP contribution in [0.5, 0.6) is 0 Å². The van der Waals surface area contributed by atoms with Gasteiger partial charge in [-0.2, -0.15) is 5.10 Å². The Hall–Kier alpha value is -3.58. The minimum absolute atomic E-state index is 0.000498. The highest BCUT2D eigenvalue weighted by Gasteiger charge is 2.35. The predicted molar refractivity (Wildman–Crippen MR) is 133 cm³/mol. The second kappa shape index (κ2) is 9.35. The molecule has 0 radical (unpaired) electrons. The number of aryl methyl sites for hydroxylation is 1. The molecule has 1 aliphatic rings. The fourth-order valence-corrected chi connectivity index (χ4v) is 4.80. The number of hydrogen-bond acceptors (Lipinski definition) is 5. The van der Waals surface area contributed by atoms with Crippen LogP contribution in [-0.2, 0) is 11.2 Å². The molecule has 0 unspecified atom stereocenters. The summed E-state index contributed by atoms with van der Waals surface area (Å²) in [5, 5.41) is 8.78. The number of hydrogen-bond donors (Lipinski definition) is 1. The summed E-state index contributed by atoms with van der Waals surface area (Å²) >= 11 is 0. The molecule has 1 aromatic carbocycles. The van der Waals surface area contributed by atoms with Crippen LogP contribution in [0.25, 0.3) is 16.6 Å². The van der Waals surface area contributed by atoms with Gasteiger partial charge in [-0.1, -0.05) is 30.3 Å². The Kier molecular flexibility index (Phi) is 6.11. The number of likely N-dealkylation sites (tertiary alicyclic amines) is 1. The zero-order valence-corrected chi connectivity index (χ0v) is 19.8. The van der Waals surface area contributed by atoms with Crippen molar-refractivity contribution >= 4 is 16.8 Å².